The third-order valence-corrected chi connectivity index (χ3v) is 0.935. The summed E-state index contributed by atoms with van der Waals surface area (Å²) in [5.74, 6) is -0.195. The van der Waals surface area contributed by atoms with Crippen LogP contribution in [-0.2, 0) is 9.53 Å². The molecule has 63 valence electrons. The number of allylic oxidation sites excluding steroid dienone is 1. The number of hydrogen-bond acceptors (Lipinski definition) is 2. The van der Waals surface area contributed by atoms with Crippen molar-refractivity contribution in [3.63, 3.8) is 0 Å². The van der Waals surface area contributed by atoms with Gasteiger partial charge in [-0.05, 0) is 27.2 Å². The fraction of sp³-hybridized carbons (Fsp3) is 0.667. The van der Waals surface area contributed by atoms with Crippen LogP contribution in [0.15, 0.2) is 6.08 Å². The molecule has 0 aliphatic heterocycles. The number of hydrogen-bond donors (Lipinski definition) is 0. The van der Waals surface area contributed by atoms with Gasteiger partial charge in [-0.2, -0.15) is 0 Å². The molecule has 2 heteroatoms. The Labute approximate surface area is 68.2 Å². The van der Waals surface area contributed by atoms with Gasteiger partial charge in [-0.25, -0.2) is 0 Å². The van der Waals surface area contributed by atoms with Gasteiger partial charge >= 0.3 is 5.97 Å². The normalized spacial score (nSPS) is 10.8. The van der Waals surface area contributed by atoms with Gasteiger partial charge in [0.2, 0.25) is 0 Å². The molecule has 0 spiro atoms. The molecular weight excluding hydrogens is 140 g/mol. The van der Waals surface area contributed by atoms with E-state index in [1.807, 2.05) is 20.8 Å². The van der Waals surface area contributed by atoms with Crippen molar-refractivity contribution < 1.29 is 9.53 Å². The van der Waals surface area contributed by atoms with Gasteiger partial charge in [-0.1, -0.05) is 12.7 Å². The molecule has 0 aromatic carbocycles. The van der Waals surface area contributed by atoms with Crippen LogP contribution in [0.4, 0.5) is 0 Å². The SMILES string of the molecule is [CH]=CCCC(=O)OC(C)(C)C. The lowest BCUT2D eigenvalue weighted by Crippen LogP contribution is -2.23. The summed E-state index contributed by atoms with van der Waals surface area (Å²) in [5, 5.41) is 0. The van der Waals surface area contributed by atoms with Crippen LogP contribution >= 0.6 is 0 Å². The van der Waals surface area contributed by atoms with Crippen LogP contribution in [0.1, 0.15) is 33.6 Å². The number of carbonyl (C=O) groups excluding carboxylic acids is 1. The Morgan fingerprint density at radius 1 is 1.55 bits per heavy atom. The van der Waals surface area contributed by atoms with E-state index in [-0.39, 0.29) is 11.6 Å². The summed E-state index contributed by atoms with van der Waals surface area (Å²) in [6.07, 6.45) is 2.41. The smallest absolute Gasteiger partial charge is 0.306 e. The summed E-state index contributed by atoms with van der Waals surface area (Å²) in [6.45, 7) is 10.6. The van der Waals surface area contributed by atoms with E-state index in [1.54, 1.807) is 0 Å². The number of ether oxygens (including phenoxy) is 1. The molecule has 0 heterocycles. The lowest BCUT2D eigenvalue weighted by Gasteiger charge is -2.19. The molecule has 0 bridgehead atoms. The van der Waals surface area contributed by atoms with Crippen LogP contribution < -0.4 is 0 Å². The van der Waals surface area contributed by atoms with E-state index in [1.165, 1.54) is 6.08 Å². The summed E-state index contributed by atoms with van der Waals surface area (Å²) in [6, 6.07) is 0. The third kappa shape index (κ3) is 7.10. The van der Waals surface area contributed by atoms with Gasteiger partial charge < -0.3 is 4.74 Å². The van der Waals surface area contributed by atoms with Crippen molar-refractivity contribution in [3.8, 4) is 0 Å². The zero-order chi connectivity index (χ0) is 8.91. The molecule has 1 radical (unpaired) electrons. The fourth-order valence-corrected chi connectivity index (χ4v) is 0.594. The highest BCUT2D eigenvalue weighted by atomic mass is 16.6. The molecule has 0 saturated heterocycles. The highest BCUT2D eigenvalue weighted by Gasteiger charge is 2.14. The van der Waals surface area contributed by atoms with Gasteiger partial charge in [0.1, 0.15) is 5.60 Å². The van der Waals surface area contributed by atoms with E-state index in [2.05, 4.69) is 0 Å². The summed E-state index contributed by atoms with van der Waals surface area (Å²) in [5.41, 5.74) is -0.383. The Bertz CT molecular complexity index is 142. The minimum atomic E-state index is -0.383. The summed E-state index contributed by atoms with van der Waals surface area (Å²) < 4.78 is 5.03. The molecule has 0 unspecified atom stereocenters. The maximum atomic E-state index is 10.9. The van der Waals surface area contributed by atoms with Gasteiger partial charge in [0.25, 0.3) is 0 Å². The van der Waals surface area contributed by atoms with Crippen molar-refractivity contribution in [2.24, 2.45) is 0 Å². The second kappa shape index (κ2) is 4.16. The van der Waals surface area contributed by atoms with Crippen molar-refractivity contribution >= 4 is 5.97 Å². The number of esters is 1. The van der Waals surface area contributed by atoms with E-state index < -0.39 is 0 Å². The maximum absolute atomic E-state index is 10.9. The molecule has 0 aliphatic carbocycles. The van der Waals surface area contributed by atoms with Crippen LogP contribution in [0, 0.1) is 6.58 Å². The largest absolute Gasteiger partial charge is 0.460 e. The molecule has 2 nitrogen and oxygen atoms in total. The monoisotopic (exact) mass is 155 g/mol. The average Bonchev–Trinajstić information content (AvgIpc) is 1.79. The Balaban J connectivity index is 3.61. The first-order valence-electron chi connectivity index (χ1n) is 3.71. The van der Waals surface area contributed by atoms with Gasteiger partial charge in [-0.3, -0.25) is 4.79 Å². The first kappa shape index (κ1) is 10.2. The molecule has 0 atom stereocenters. The van der Waals surface area contributed by atoms with Crippen LogP contribution in [0.2, 0.25) is 0 Å². The first-order valence-corrected chi connectivity index (χ1v) is 3.71. The first-order chi connectivity index (χ1) is 4.95. The van der Waals surface area contributed by atoms with Crippen LogP contribution in [0.3, 0.4) is 0 Å². The quantitative estimate of drug-likeness (QED) is 0.583. The molecule has 0 aliphatic rings. The molecule has 0 amide bonds. The molecule has 0 rings (SSSR count). The van der Waals surface area contributed by atoms with Crippen molar-refractivity contribution in [2.45, 2.75) is 39.2 Å². The van der Waals surface area contributed by atoms with Crippen molar-refractivity contribution in [2.75, 3.05) is 0 Å². The van der Waals surface area contributed by atoms with Crippen molar-refractivity contribution in [3.05, 3.63) is 12.7 Å². The predicted molar refractivity (Wildman–Crippen MR) is 43.9 cm³/mol. The lowest BCUT2D eigenvalue weighted by molar-refractivity contribution is -0.154. The topological polar surface area (TPSA) is 26.3 Å². The lowest BCUT2D eigenvalue weighted by atomic mass is 10.2. The zero-order valence-electron chi connectivity index (χ0n) is 7.39. The molecule has 0 N–H and O–H groups in total. The Hall–Kier alpha value is -0.790. The molecule has 0 fully saturated rings. The maximum Gasteiger partial charge on any atom is 0.306 e. The standard InChI is InChI=1S/C9H15O2/c1-5-6-7-8(10)11-9(2,3)4/h1,5H,6-7H2,2-4H3. The van der Waals surface area contributed by atoms with Crippen LogP contribution in [0.5, 0.6) is 0 Å². The van der Waals surface area contributed by atoms with Gasteiger partial charge in [0.15, 0.2) is 0 Å². The summed E-state index contributed by atoms with van der Waals surface area (Å²) >= 11 is 0. The molecule has 0 aromatic heterocycles. The average molecular weight is 155 g/mol. The second-order valence-electron chi connectivity index (χ2n) is 3.36. The Morgan fingerprint density at radius 2 is 2.09 bits per heavy atom. The highest BCUT2D eigenvalue weighted by molar-refractivity contribution is 5.69. The van der Waals surface area contributed by atoms with Crippen molar-refractivity contribution in [1.82, 2.24) is 0 Å². The molecule has 0 aromatic rings. The van der Waals surface area contributed by atoms with Crippen LogP contribution in [-0.4, -0.2) is 11.6 Å². The van der Waals surface area contributed by atoms with E-state index >= 15 is 0 Å². The fourth-order valence-electron chi connectivity index (χ4n) is 0.594. The Morgan fingerprint density at radius 3 is 2.45 bits per heavy atom. The third-order valence-electron chi connectivity index (χ3n) is 0.935. The molecular formula is C9H15O2. The van der Waals surface area contributed by atoms with Crippen LogP contribution in [0.25, 0.3) is 0 Å². The summed E-state index contributed by atoms with van der Waals surface area (Å²) in [4.78, 5) is 10.9. The molecule has 0 saturated carbocycles. The predicted octanol–water partition coefficient (Wildman–Crippen LogP) is 2.10. The zero-order valence-corrected chi connectivity index (χ0v) is 7.39. The van der Waals surface area contributed by atoms with E-state index in [4.69, 9.17) is 11.3 Å². The van der Waals surface area contributed by atoms with E-state index in [0.29, 0.717) is 12.8 Å². The minimum Gasteiger partial charge on any atom is -0.460 e. The molecule has 11 heavy (non-hydrogen) atoms. The van der Waals surface area contributed by atoms with E-state index in [9.17, 15) is 4.79 Å². The Kier molecular flexibility index (Phi) is 3.86. The highest BCUT2D eigenvalue weighted by Crippen LogP contribution is 2.08. The van der Waals surface area contributed by atoms with E-state index in [0.717, 1.165) is 0 Å². The van der Waals surface area contributed by atoms with Gasteiger partial charge in [0.05, 0.1) is 0 Å². The summed E-state index contributed by atoms with van der Waals surface area (Å²) in [7, 11) is 0. The number of carbonyl (C=O) groups is 1. The minimum absolute atomic E-state index is 0.195. The second-order valence-corrected chi connectivity index (χ2v) is 3.36. The number of rotatable bonds is 3. The van der Waals surface area contributed by atoms with Gasteiger partial charge in [0, 0.05) is 6.42 Å². The van der Waals surface area contributed by atoms with Crippen molar-refractivity contribution in [1.29, 1.82) is 0 Å². The van der Waals surface area contributed by atoms with Gasteiger partial charge in [-0.15, -0.1) is 0 Å².